The monoisotopic (exact) mass is 381 g/mol. The molecule has 0 unspecified atom stereocenters. The SMILES string of the molecule is CN1CCOc2cccc(OCC(=O)NCCCN3Cc4ccccc4C3)c21. The Labute approximate surface area is 166 Å². The number of hydrogen-bond donors (Lipinski definition) is 1. The van der Waals surface area contributed by atoms with Gasteiger partial charge in [-0.1, -0.05) is 30.3 Å². The molecule has 0 saturated heterocycles. The lowest BCUT2D eigenvalue weighted by atomic mass is 10.1. The minimum Gasteiger partial charge on any atom is -0.489 e. The van der Waals surface area contributed by atoms with E-state index in [1.165, 1.54) is 11.1 Å². The molecule has 6 heteroatoms. The number of amides is 1. The lowest BCUT2D eigenvalue weighted by molar-refractivity contribution is -0.123. The van der Waals surface area contributed by atoms with E-state index in [0.29, 0.717) is 18.9 Å². The first-order valence-electron chi connectivity index (χ1n) is 9.86. The number of nitrogens with zero attached hydrogens (tertiary/aromatic N) is 2. The number of anilines is 1. The number of nitrogens with one attached hydrogen (secondary N) is 1. The van der Waals surface area contributed by atoms with Gasteiger partial charge in [-0.3, -0.25) is 9.69 Å². The van der Waals surface area contributed by atoms with Gasteiger partial charge in [0, 0.05) is 33.2 Å². The van der Waals surface area contributed by atoms with Crippen molar-refractivity contribution in [3.8, 4) is 11.5 Å². The number of hydrogen-bond acceptors (Lipinski definition) is 5. The Morgan fingerprint density at radius 2 is 1.93 bits per heavy atom. The Hall–Kier alpha value is -2.73. The molecule has 2 heterocycles. The maximum Gasteiger partial charge on any atom is 0.257 e. The van der Waals surface area contributed by atoms with Gasteiger partial charge in [0.05, 0.1) is 6.54 Å². The number of carbonyl (C=O) groups is 1. The van der Waals surface area contributed by atoms with Crippen molar-refractivity contribution >= 4 is 11.6 Å². The van der Waals surface area contributed by atoms with E-state index in [9.17, 15) is 4.79 Å². The second-order valence-corrected chi connectivity index (χ2v) is 7.34. The molecular weight excluding hydrogens is 354 g/mol. The number of carbonyl (C=O) groups excluding carboxylic acids is 1. The Morgan fingerprint density at radius 3 is 2.71 bits per heavy atom. The summed E-state index contributed by atoms with van der Waals surface area (Å²) in [4.78, 5) is 16.7. The van der Waals surface area contributed by atoms with Gasteiger partial charge in [-0.15, -0.1) is 0 Å². The third kappa shape index (κ3) is 4.22. The van der Waals surface area contributed by atoms with Gasteiger partial charge < -0.3 is 19.7 Å². The van der Waals surface area contributed by atoms with E-state index in [2.05, 4.69) is 39.4 Å². The summed E-state index contributed by atoms with van der Waals surface area (Å²) in [6, 6.07) is 14.3. The molecule has 0 atom stereocenters. The highest BCUT2D eigenvalue weighted by Gasteiger charge is 2.20. The summed E-state index contributed by atoms with van der Waals surface area (Å²) in [7, 11) is 2.00. The lowest BCUT2D eigenvalue weighted by Gasteiger charge is -2.29. The van der Waals surface area contributed by atoms with E-state index in [1.807, 2.05) is 25.2 Å². The number of rotatable bonds is 7. The molecule has 0 radical (unpaired) electrons. The van der Waals surface area contributed by atoms with E-state index < -0.39 is 0 Å². The molecule has 148 valence electrons. The normalized spacial score (nSPS) is 15.5. The topological polar surface area (TPSA) is 54.0 Å². The van der Waals surface area contributed by atoms with Crippen LogP contribution in [0.15, 0.2) is 42.5 Å². The molecule has 4 rings (SSSR count). The molecule has 0 aromatic heterocycles. The zero-order valence-electron chi connectivity index (χ0n) is 16.3. The summed E-state index contributed by atoms with van der Waals surface area (Å²) in [6.07, 6.45) is 0.928. The molecule has 28 heavy (non-hydrogen) atoms. The van der Waals surface area contributed by atoms with Crippen LogP contribution < -0.4 is 19.7 Å². The predicted molar refractivity (Wildman–Crippen MR) is 109 cm³/mol. The molecule has 2 aromatic carbocycles. The highest BCUT2D eigenvalue weighted by molar-refractivity contribution is 5.78. The zero-order chi connectivity index (χ0) is 19.3. The van der Waals surface area contributed by atoms with Crippen LogP contribution in [0, 0.1) is 0 Å². The first kappa shape index (κ1) is 18.6. The molecule has 0 fully saturated rings. The van der Waals surface area contributed by atoms with Gasteiger partial charge in [-0.05, 0) is 29.7 Å². The molecule has 2 aliphatic rings. The lowest BCUT2D eigenvalue weighted by Crippen LogP contribution is -2.32. The van der Waals surface area contributed by atoms with Gasteiger partial charge in [-0.2, -0.15) is 0 Å². The van der Waals surface area contributed by atoms with Crippen molar-refractivity contribution in [1.29, 1.82) is 0 Å². The highest BCUT2D eigenvalue weighted by Crippen LogP contribution is 2.39. The molecule has 2 aromatic rings. The van der Waals surface area contributed by atoms with E-state index in [4.69, 9.17) is 9.47 Å². The maximum atomic E-state index is 12.1. The minimum atomic E-state index is -0.0957. The van der Waals surface area contributed by atoms with Gasteiger partial charge in [0.1, 0.15) is 23.8 Å². The van der Waals surface area contributed by atoms with Crippen LogP contribution in [0.25, 0.3) is 0 Å². The summed E-state index contributed by atoms with van der Waals surface area (Å²) >= 11 is 0. The molecule has 0 bridgehead atoms. The third-order valence-corrected chi connectivity index (χ3v) is 5.27. The van der Waals surface area contributed by atoms with Gasteiger partial charge in [-0.25, -0.2) is 0 Å². The van der Waals surface area contributed by atoms with Crippen LogP contribution in [0.1, 0.15) is 17.5 Å². The third-order valence-electron chi connectivity index (χ3n) is 5.27. The molecule has 0 spiro atoms. The van der Waals surface area contributed by atoms with Gasteiger partial charge >= 0.3 is 0 Å². The summed E-state index contributed by atoms with van der Waals surface area (Å²) in [5.41, 5.74) is 3.75. The second-order valence-electron chi connectivity index (χ2n) is 7.34. The van der Waals surface area contributed by atoms with Crippen LogP contribution in [-0.4, -0.2) is 50.7 Å². The molecule has 2 aliphatic heterocycles. The molecule has 1 N–H and O–H groups in total. The Bertz CT molecular complexity index is 815. The van der Waals surface area contributed by atoms with Crippen LogP contribution in [0.4, 0.5) is 5.69 Å². The Balaban J connectivity index is 1.18. The first-order chi connectivity index (χ1) is 13.7. The average Bonchev–Trinajstić information content (AvgIpc) is 3.12. The smallest absolute Gasteiger partial charge is 0.257 e. The van der Waals surface area contributed by atoms with E-state index in [1.54, 1.807) is 0 Å². The quantitative estimate of drug-likeness (QED) is 0.747. The predicted octanol–water partition coefficient (Wildman–Crippen LogP) is 2.42. The standard InChI is InChI=1S/C22H27N3O3/c1-24-12-13-27-19-8-4-9-20(22(19)24)28-16-21(26)23-10-5-11-25-14-17-6-2-3-7-18(17)15-25/h2-4,6-9H,5,10-16H2,1H3,(H,23,26). The van der Waals surface area contributed by atoms with Crippen LogP contribution >= 0.6 is 0 Å². The first-order valence-corrected chi connectivity index (χ1v) is 9.86. The summed E-state index contributed by atoms with van der Waals surface area (Å²) in [5.74, 6) is 1.39. The van der Waals surface area contributed by atoms with Crippen molar-refractivity contribution in [3.05, 3.63) is 53.6 Å². The number of likely N-dealkylation sites (N-methyl/N-ethyl adjacent to an activating group) is 1. The minimum absolute atomic E-state index is 0.0133. The summed E-state index contributed by atoms with van der Waals surface area (Å²) in [6.45, 7) is 5.12. The number of fused-ring (bicyclic) bond motifs is 2. The second kappa shape index (κ2) is 8.52. The number of ether oxygens (including phenoxy) is 2. The Kier molecular flexibility index (Phi) is 5.67. The van der Waals surface area contributed by atoms with Crippen molar-refractivity contribution in [2.75, 3.05) is 44.8 Å². The van der Waals surface area contributed by atoms with E-state index >= 15 is 0 Å². The van der Waals surface area contributed by atoms with Crippen molar-refractivity contribution in [1.82, 2.24) is 10.2 Å². The fraction of sp³-hybridized carbons (Fsp3) is 0.409. The molecule has 0 saturated carbocycles. The fourth-order valence-corrected chi connectivity index (χ4v) is 3.80. The summed E-state index contributed by atoms with van der Waals surface area (Å²) in [5, 5.41) is 2.95. The van der Waals surface area contributed by atoms with Crippen molar-refractivity contribution < 1.29 is 14.3 Å². The van der Waals surface area contributed by atoms with Crippen LogP contribution in [0.5, 0.6) is 11.5 Å². The van der Waals surface area contributed by atoms with Gasteiger partial charge in [0.2, 0.25) is 0 Å². The molecule has 0 aliphatic carbocycles. The number of benzene rings is 2. The molecule has 6 nitrogen and oxygen atoms in total. The van der Waals surface area contributed by atoms with Crippen molar-refractivity contribution in [2.24, 2.45) is 0 Å². The fourth-order valence-electron chi connectivity index (χ4n) is 3.80. The van der Waals surface area contributed by atoms with Crippen LogP contribution in [0.3, 0.4) is 0 Å². The summed E-state index contributed by atoms with van der Waals surface area (Å²) < 4.78 is 11.4. The van der Waals surface area contributed by atoms with Gasteiger partial charge in [0.25, 0.3) is 5.91 Å². The molecule has 1 amide bonds. The van der Waals surface area contributed by atoms with Crippen molar-refractivity contribution in [2.45, 2.75) is 19.5 Å². The maximum absolute atomic E-state index is 12.1. The average molecular weight is 381 g/mol. The van der Waals surface area contributed by atoms with Gasteiger partial charge in [0.15, 0.2) is 6.61 Å². The van der Waals surface area contributed by atoms with E-state index in [0.717, 1.165) is 44.0 Å². The largest absolute Gasteiger partial charge is 0.489 e. The van der Waals surface area contributed by atoms with Crippen molar-refractivity contribution in [3.63, 3.8) is 0 Å². The number of para-hydroxylation sites is 1. The van der Waals surface area contributed by atoms with Crippen LogP contribution in [-0.2, 0) is 17.9 Å². The highest BCUT2D eigenvalue weighted by atomic mass is 16.5. The zero-order valence-corrected chi connectivity index (χ0v) is 16.3. The Morgan fingerprint density at radius 1 is 1.14 bits per heavy atom. The van der Waals surface area contributed by atoms with Crippen LogP contribution in [0.2, 0.25) is 0 Å². The molecular formula is C22H27N3O3. The van der Waals surface area contributed by atoms with E-state index in [-0.39, 0.29) is 12.5 Å².